The van der Waals surface area contributed by atoms with Crippen molar-refractivity contribution >= 4 is 17.5 Å². The molecule has 4 rings (SSSR count). The highest BCUT2D eigenvalue weighted by molar-refractivity contribution is 6.04. The number of carbonyl (C=O) groups is 2. The standard InChI is InChI=1S/C25H27N3O4/c1-16-23(17(2)32-28-16)15-31-22-9-5-6-19(14-22)25(30)27-21-12-10-18(11-13-21)24(29)26-20-7-3-4-8-20/h5-6,9-14,20H,3-4,7-8,15H2,1-2H3,(H,26,29)(H,27,30). The first-order chi connectivity index (χ1) is 15.5. The van der Waals surface area contributed by atoms with Crippen LogP contribution in [0.2, 0.25) is 0 Å². The molecule has 166 valence electrons. The average Bonchev–Trinajstić information content (AvgIpc) is 3.42. The number of benzene rings is 2. The van der Waals surface area contributed by atoms with E-state index < -0.39 is 0 Å². The van der Waals surface area contributed by atoms with Gasteiger partial charge in [-0.2, -0.15) is 0 Å². The molecule has 0 spiro atoms. The van der Waals surface area contributed by atoms with Gasteiger partial charge in [-0.25, -0.2) is 0 Å². The minimum Gasteiger partial charge on any atom is -0.489 e. The van der Waals surface area contributed by atoms with Crippen LogP contribution in [0.1, 0.15) is 63.4 Å². The van der Waals surface area contributed by atoms with Crippen LogP contribution >= 0.6 is 0 Å². The normalized spacial score (nSPS) is 13.7. The lowest BCUT2D eigenvalue weighted by Crippen LogP contribution is -2.32. The van der Waals surface area contributed by atoms with Gasteiger partial charge in [0.2, 0.25) is 0 Å². The molecule has 1 fully saturated rings. The van der Waals surface area contributed by atoms with Crippen LogP contribution in [0.4, 0.5) is 5.69 Å². The first-order valence-electron chi connectivity index (χ1n) is 10.9. The van der Waals surface area contributed by atoms with Gasteiger partial charge in [0.05, 0.1) is 11.3 Å². The summed E-state index contributed by atoms with van der Waals surface area (Å²) in [5.41, 5.74) is 3.37. The Labute approximate surface area is 187 Å². The van der Waals surface area contributed by atoms with Crippen molar-refractivity contribution in [2.24, 2.45) is 0 Å². The second-order valence-electron chi connectivity index (χ2n) is 8.11. The predicted molar refractivity (Wildman–Crippen MR) is 121 cm³/mol. The Kier molecular flexibility index (Phi) is 6.54. The maximum atomic E-state index is 12.7. The molecule has 2 amide bonds. The molecule has 0 bridgehead atoms. The fourth-order valence-corrected chi connectivity index (χ4v) is 3.84. The highest BCUT2D eigenvalue weighted by Crippen LogP contribution is 2.20. The number of hydrogen-bond acceptors (Lipinski definition) is 5. The lowest BCUT2D eigenvalue weighted by atomic mass is 10.1. The molecule has 1 aromatic heterocycles. The van der Waals surface area contributed by atoms with Gasteiger partial charge in [0.15, 0.2) is 0 Å². The minimum absolute atomic E-state index is 0.0714. The van der Waals surface area contributed by atoms with E-state index in [9.17, 15) is 9.59 Å². The van der Waals surface area contributed by atoms with Gasteiger partial charge in [-0.15, -0.1) is 0 Å². The van der Waals surface area contributed by atoms with Crippen LogP contribution in [0, 0.1) is 13.8 Å². The molecule has 2 N–H and O–H groups in total. The first kappa shape index (κ1) is 21.6. The van der Waals surface area contributed by atoms with Crippen LogP contribution < -0.4 is 15.4 Å². The second kappa shape index (κ2) is 9.68. The van der Waals surface area contributed by atoms with Crippen molar-refractivity contribution in [3.05, 3.63) is 76.7 Å². The summed E-state index contributed by atoms with van der Waals surface area (Å²) < 4.78 is 11.0. The molecule has 2 aromatic carbocycles. The topological polar surface area (TPSA) is 93.5 Å². The van der Waals surface area contributed by atoms with Gasteiger partial charge >= 0.3 is 0 Å². The fourth-order valence-electron chi connectivity index (χ4n) is 3.84. The zero-order valence-corrected chi connectivity index (χ0v) is 18.3. The van der Waals surface area contributed by atoms with Crippen LogP contribution in [0.15, 0.2) is 53.1 Å². The highest BCUT2D eigenvalue weighted by atomic mass is 16.5. The number of ether oxygens (including phenoxy) is 1. The molecule has 0 radical (unpaired) electrons. The molecule has 0 unspecified atom stereocenters. The summed E-state index contributed by atoms with van der Waals surface area (Å²) in [5.74, 6) is 0.974. The van der Waals surface area contributed by atoms with Crippen molar-refractivity contribution < 1.29 is 18.8 Å². The van der Waals surface area contributed by atoms with E-state index in [0.717, 1.165) is 29.9 Å². The number of aromatic nitrogens is 1. The molecular formula is C25H27N3O4. The van der Waals surface area contributed by atoms with Gasteiger partial charge in [-0.1, -0.05) is 24.1 Å². The molecule has 1 aliphatic carbocycles. The quantitative estimate of drug-likeness (QED) is 0.558. The number of nitrogens with one attached hydrogen (secondary N) is 2. The predicted octanol–water partition coefficient (Wildman–Crippen LogP) is 4.80. The lowest BCUT2D eigenvalue weighted by Gasteiger charge is -2.12. The van der Waals surface area contributed by atoms with Crippen molar-refractivity contribution in [1.82, 2.24) is 10.5 Å². The van der Waals surface area contributed by atoms with Crippen molar-refractivity contribution in [2.45, 2.75) is 52.2 Å². The third-order valence-corrected chi connectivity index (χ3v) is 5.76. The molecule has 1 heterocycles. The summed E-state index contributed by atoms with van der Waals surface area (Å²) >= 11 is 0. The van der Waals surface area contributed by atoms with E-state index in [4.69, 9.17) is 9.26 Å². The van der Waals surface area contributed by atoms with Crippen LogP contribution in [-0.4, -0.2) is 23.0 Å². The molecule has 0 saturated heterocycles. The summed E-state index contributed by atoms with van der Waals surface area (Å²) in [6, 6.07) is 14.2. The van der Waals surface area contributed by atoms with E-state index in [2.05, 4.69) is 15.8 Å². The molecular weight excluding hydrogens is 406 g/mol. The Balaban J connectivity index is 1.35. The molecule has 1 aliphatic rings. The van der Waals surface area contributed by atoms with Crippen LogP contribution in [-0.2, 0) is 6.61 Å². The summed E-state index contributed by atoms with van der Waals surface area (Å²) in [7, 11) is 0. The molecule has 32 heavy (non-hydrogen) atoms. The number of anilines is 1. The van der Waals surface area contributed by atoms with E-state index in [1.807, 2.05) is 13.8 Å². The second-order valence-corrected chi connectivity index (χ2v) is 8.11. The van der Waals surface area contributed by atoms with E-state index in [1.54, 1.807) is 48.5 Å². The van der Waals surface area contributed by atoms with Crippen LogP contribution in [0.3, 0.4) is 0 Å². The fraction of sp³-hybridized carbons (Fsp3) is 0.320. The van der Waals surface area contributed by atoms with Crippen LogP contribution in [0.5, 0.6) is 5.75 Å². The third-order valence-electron chi connectivity index (χ3n) is 5.76. The Morgan fingerprint density at radius 1 is 1.03 bits per heavy atom. The van der Waals surface area contributed by atoms with Crippen LogP contribution in [0.25, 0.3) is 0 Å². The van der Waals surface area contributed by atoms with Crippen molar-refractivity contribution in [3.8, 4) is 5.75 Å². The smallest absolute Gasteiger partial charge is 0.255 e. The average molecular weight is 434 g/mol. The van der Waals surface area contributed by atoms with Crippen molar-refractivity contribution in [3.63, 3.8) is 0 Å². The van der Waals surface area contributed by atoms with Gasteiger partial charge in [-0.3, -0.25) is 9.59 Å². The van der Waals surface area contributed by atoms with Gasteiger partial charge in [0.25, 0.3) is 11.8 Å². The van der Waals surface area contributed by atoms with E-state index >= 15 is 0 Å². The number of hydrogen-bond donors (Lipinski definition) is 2. The molecule has 0 atom stereocenters. The van der Waals surface area contributed by atoms with Crippen molar-refractivity contribution in [1.29, 1.82) is 0 Å². The lowest BCUT2D eigenvalue weighted by molar-refractivity contribution is 0.0937. The van der Waals surface area contributed by atoms with E-state index in [-0.39, 0.29) is 17.9 Å². The van der Waals surface area contributed by atoms with Gasteiger partial charge in [-0.05, 0) is 69.2 Å². The SMILES string of the molecule is Cc1noc(C)c1COc1cccc(C(=O)Nc2ccc(C(=O)NC3CCCC3)cc2)c1. The summed E-state index contributed by atoms with van der Waals surface area (Å²) in [4.78, 5) is 25.0. The maximum Gasteiger partial charge on any atom is 0.255 e. The largest absolute Gasteiger partial charge is 0.489 e. The number of nitrogens with zero attached hydrogens (tertiary/aromatic N) is 1. The molecule has 3 aromatic rings. The summed E-state index contributed by atoms with van der Waals surface area (Å²) in [5, 5.41) is 9.85. The first-order valence-corrected chi connectivity index (χ1v) is 10.9. The highest BCUT2D eigenvalue weighted by Gasteiger charge is 2.18. The molecule has 0 aliphatic heterocycles. The Bertz CT molecular complexity index is 1080. The summed E-state index contributed by atoms with van der Waals surface area (Å²) in [6.45, 7) is 4.02. The van der Waals surface area contributed by atoms with Gasteiger partial charge in [0.1, 0.15) is 18.1 Å². The van der Waals surface area contributed by atoms with Crippen molar-refractivity contribution in [2.75, 3.05) is 5.32 Å². The van der Waals surface area contributed by atoms with Gasteiger partial charge in [0, 0.05) is 22.9 Å². The minimum atomic E-state index is -0.254. The zero-order chi connectivity index (χ0) is 22.5. The zero-order valence-electron chi connectivity index (χ0n) is 18.3. The number of amides is 2. The van der Waals surface area contributed by atoms with E-state index in [1.165, 1.54) is 12.8 Å². The van der Waals surface area contributed by atoms with Gasteiger partial charge < -0.3 is 19.9 Å². The molecule has 7 heteroatoms. The molecule has 1 saturated carbocycles. The Morgan fingerprint density at radius 3 is 2.47 bits per heavy atom. The Morgan fingerprint density at radius 2 is 1.78 bits per heavy atom. The maximum absolute atomic E-state index is 12.7. The molecule has 7 nitrogen and oxygen atoms in total. The number of carbonyl (C=O) groups excluding carboxylic acids is 2. The van der Waals surface area contributed by atoms with E-state index in [0.29, 0.717) is 29.2 Å². The number of rotatable bonds is 7. The number of aryl methyl sites for hydroxylation is 2. The third kappa shape index (κ3) is 5.17. The summed E-state index contributed by atoms with van der Waals surface area (Å²) in [6.07, 6.45) is 4.42. The Hall–Kier alpha value is -3.61. The monoisotopic (exact) mass is 433 g/mol.